The standard InChI is InChI=1S/C23H29N3O2/c1-17-8-9-20(16-18(17)2)21-10-11-23(28)26(25-21)15-13-22(27)24-14-12-19-6-4-3-5-7-19/h6,8-11,16H,3-5,7,12-15H2,1-2H3,(H,24,27). The molecule has 3 rings (SSSR count). The largest absolute Gasteiger partial charge is 0.356 e. The van der Waals surface area contributed by atoms with E-state index in [0.29, 0.717) is 6.54 Å². The Kier molecular flexibility index (Phi) is 6.80. The highest BCUT2D eigenvalue weighted by Crippen LogP contribution is 2.20. The van der Waals surface area contributed by atoms with Crippen molar-refractivity contribution in [2.75, 3.05) is 6.54 Å². The number of nitrogens with one attached hydrogen (secondary N) is 1. The van der Waals surface area contributed by atoms with E-state index in [0.717, 1.165) is 30.5 Å². The second-order valence-corrected chi connectivity index (χ2v) is 7.54. The lowest BCUT2D eigenvalue weighted by Gasteiger charge is -2.13. The number of allylic oxidation sites excluding steroid dienone is 1. The highest BCUT2D eigenvalue weighted by Gasteiger charge is 2.08. The lowest BCUT2D eigenvalue weighted by molar-refractivity contribution is -0.121. The van der Waals surface area contributed by atoms with Gasteiger partial charge in [-0.05, 0) is 69.2 Å². The van der Waals surface area contributed by atoms with E-state index in [1.807, 2.05) is 6.07 Å². The van der Waals surface area contributed by atoms with Crippen LogP contribution in [0.15, 0.2) is 46.8 Å². The molecule has 1 amide bonds. The molecule has 0 aliphatic heterocycles. The van der Waals surface area contributed by atoms with E-state index in [1.165, 1.54) is 40.3 Å². The number of hydrogen-bond acceptors (Lipinski definition) is 3. The van der Waals surface area contributed by atoms with Crippen LogP contribution >= 0.6 is 0 Å². The Morgan fingerprint density at radius 2 is 2.00 bits per heavy atom. The molecule has 0 radical (unpaired) electrons. The number of rotatable bonds is 7. The quantitative estimate of drug-likeness (QED) is 0.742. The summed E-state index contributed by atoms with van der Waals surface area (Å²) >= 11 is 0. The third-order valence-corrected chi connectivity index (χ3v) is 5.37. The number of hydrogen-bond donors (Lipinski definition) is 1. The molecule has 28 heavy (non-hydrogen) atoms. The van der Waals surface area contributed by atoms with Gasteiger partial charge in [-0.1, -0.05) is 23.8 Å². The first-order valence-electron chi connectivity index (χ1n) is 10.1. The molecule has 148 valence electrons. The van der Waals surface area contributed by atoms with Crippen molar-refractivity contribution < 1.29 is 4.79 Å². The summed E-state index contributed by atoms with van der Waals surface area (Å²) in [4.78, 5) is 24.3. The van der Waals surface area contributed by atoms with Crippen molar-refractivity contribution in [3.8, 4) is 11.3 Å². The van der Waals surface area contributed by atoms with Gasteiger partial charge in [-0.15, -0.1) is 0 Å². The smallest absolute Gasteiger partial charge is 0.266 e. The van der Waals surface area contributed by atoms with Crippen LogP contribution in [0.5, 0.6) is 0 Å². The van der Waals surface area contributed by atoms with Crippen molar-refractivity contribution in [3.63, 3.8) is 0 Å². The van der Waals surface area contributed by atoms with Crippen LogP contribution in [0.1, 0.15) is 49.7 Å². The average molecular weight is 380 g/mol. The van der Waals surface area contributed by atoms with Crippen molar-refractivity contribution in [3.05, 3.63) is 63.5 Å². The second-order valence-electron chi connectivity index (χ2n) is 7.54. The summed E-state index contributed by atoms with van der Waals surface area (Å²) in [7, 11) is 0. The average Bonchev–Trinajstić information content (AvgIpc) is 2.70. The molecule has 1 aromatic carbocycles. The molecule has 1 aliphatic carbocycles. The fourth-order valence-corrected chi connectivity index (χ4v) is 3.45. The van der Waals surface area contributed by atoms with Crippen LogP contribution in [0, 0.1) is 13.8 Å². The fourth-order valence-electron chi connectivity index (χ4n) is 3.45. The van der Waals surface area contributed by atoms with Gasteiger partial charge in [0.2, 0.25) is 5.91 Å². The van der Waals surface area contributed by atoms with Crippen LogP contribution in [0.4, 0.5) is 0 Å². The Balaban J connectivity index is 1.56. The van der Waals surface area contributed by atoms with E-state index in [4.69, 9.17) is 0 Å². The molecule has 0 spiro atoms. The summed E-state index contributed by atoms with van der Waals surface area (Å²) in [5.41, 5.74) is 5.38. The molecule has 1 N–H and O–H groups in total. The lowest BCUT2D eigenvalue weighted by Crippen LogP contribution is -2.29. The molecule has 0 bridgehead atoms. The number of benzene rings is 1. The van der Waals surface area contributed by atoms with E-state index in [-0.39, 0.29) is 24.4 Å². The molecule has 1 aromatic heterocycles. The zero-order chi connectivity index (χ0) is 19.9. The van der Waals surface area contributed by atoms with E-state index in [1.54, 1.807) is 6.07 Å². The third-order valence-electron chi connectivity index (χ3n) is 5.37. The molecule has 0 fully saturated rings. The molecular formula is C23H29N3O2. The zero-order valence-corrected chi connectivity index (χ0v) is 16.8. The fraction of sp³-hybridized carbons (Fsp3) is 0.435. The monoisotopic (exact) mass is 379 g/mol. The maximum absolute atomic E-state index is 12.1. The van der Waals surface area contributed by atoms with Gasteiger partial charge < -0.3 is 5.32 Å². The summed E-state index contributed by atoms with van der Waals surface area (Å²) in [6, 6.07) is 9.38. The van der Waals surface area contributed by atoms with Crippen LogP contribution in [0.25, 0.3) is 11.3 Å². The van der Waals surface area contributed by atoms with Gasteiger partial charge in [-0.25, -0.2) is 4.68 Å². The molecule has 1 heterocycles. The number of carbonyl (C=O) groups excluding carboxylic acids is 1. The molecule has 0 unspecified atom stereocenters. The summed E-state index contributed by atoms with van der Waals surface area (Å²) in [5, 5.41) is 7.41. The van der Waals surface area contributed by atoms with Crippen LogP contribution in [0.3, 0.4) is 0 Å². The predicted molar refractivity (Wildman–Crippen MR) is 112 cm³/mol. The van der Waals surface area contributed by atoms with Crippen LogP contribution in [-0.2, 0) is 11.3 Å². The topological polar surface area (TPSA) is 64.0 Å². The van der Waals surface area contributed by atoms with Crippen molar-refractivity contribution in [1.29, 1.82) is 0 Å². The van der Waals surface area contributed by atoms with Gasteiger partial charge in [0, 0.05) is 24.6 Å². The van der Waals surface area contributed by atoms with Crippen LogP contribution in [0.2, 0.25) is 0 Å². The van der Waals surface area contributed by atoms with Gasteiger partial charge in [-0.2, -0.15) is 5.10 Å². The van der Waals surface area contributed by atoms with Gasteiger partial charge in [0.05, 0.1) is 12.2 Å². The van der Waals surface area contributed by atoms with Crippen molar-refractivity contribution in [2.45, 2.75) is 58.9 Å². The number of carbonyl (C=O) groups is 1. The summed E-state index contributed by atoms with van der Waals surface area (Å²) in [5.74, 6) is -0.0401. The van der Waals surface area contributed by atoms with E-state index in [9.17, 15) is 9.59 Å². The SMILES string of the molecule is Cc1ccc(-c2ccc(=O)n(CCC(=O)NCCC3=CCCCC3)n2)cc1C. The highest BCUT2D eigenvalue weighted by atomic mass is 16.2. The maximum Gasteiger partial charge on any atom is 0.266 e. The van der Waals surface area contributed by atoms with Gasteiger partial charge in [0.15, 0.2) is 0 Å². The van der Waals surface area contributed by atoms with Crippen molar-refractivity contribution >= 4 is 5.91 Å². The zero-order valence-electron chi connectivity index (χ0n) is 16.8. The first kappa shape index (κ1) is 20.1. The lowest BCUT2D eigenvalue weighted by atomic mass is 9.97. The van der Waals surface area contributed by atoms with E-state index in [2.05, 4.69) is 42.5 Å². The predicted octanol–water partition coefficient (Wildman–Crippen LogP) is 3.92. The van der Waals surface area contributed by atoms with Gasteiger partial charge >= 0.3 is 0 Å². The van der Waals surface area contributed by atoms with E-state index >= 15 is 0 Å². The molecule has 0 saturated heterocycles. The second kappa shape index (κ2) is 9.49. The molecule has 2 aromatic rings. The summed E-state index contributed by atoms with van der Waals surface area (Å²) in [6.07, 6.45) is 8.32. The van der Waals surface area contributed by atoms with Gasteiger partial charge in [0.25, 0.3) is 5.56 Å². The minimum atomic E-state index is -0.187. The Morgan fingerprint density at radius 1 is 1.14 bits per heavy atom. The normalized spacial score (nSPS) is 13.9. The van der Waals surface area contributed by atoms with Gasteiger partial charge in [0.1, 0.15) is 0 Å². The highest BCUT2D eigenvalue weighted by molar-refractivity contribution is 5.75. The van der Waals surface area contributed by atoms with Crippen molar-refractivity contribution in [1.82, 2.24) is 15.1 Å². The molecular weight excluding hydrogens is 350 g/mol. The summed E-state index contributed by atoms with van der Waals surface area (Å²) < 4.78 is 1.38. The number of amides is 1. The Bertz CT molecular complexity index is 928. The molecule has 0 saturated carbocycles. The van der Waals surface area contributed by atoms with Gasteiger partial charge in [-0.3, -0.25) is 9.59 Å². The van der Waals surface area contributed by atoms with Crippen LogP contribution in [-0.4, -0.2) is 22.2 Å². The Labute approximate surface area is 166 Å². The molecule has 5 nitrogen and oxygen atoms in total. The Hall–Kier alpha value is -2.69. The maximum atomic E-state index is 12.1. The first-order chi connectivity index (χ1) is 13.5. The number of aromatic nitrogens is 2. The van der Waals surface area contributed by atoms with E-state index < -0.39 is 0 Å². The third kappa shape index (κ3) is 5.41. The molecule has 1 aliphatic rings. The minimum Gasteiger partial charge on any atom is -0.356 e. The Morgan fingerprint density at radius 3 is 2.75 bits per heavy atom. The molecule has 0 atom stereocenters. The minimum absolute atomic E-state index is 0.0401. The van der Waals surface area contributed by atoms with Crippen molar-refractivity contribution in [2.24, 2.45) is 0 Å². The number of nitrogens with zero attached hydrogens (tertiary/aromatic N) is 2. The summed E-state index contributed by atoms with van der Waals surface area (Å²) in [6.45, 7) is 5.07. The van der Waals surface area contributed by atoms with Crippen LogP contribution < -0.4 is 10.9 Å². The molecule has 5 heteroatoms. The first-order valence-corrected chi connectivity index (χ1v) is 10.1. The number of aryl methyl sites for hydroxylation is 3.